The highest BCUT2D eigenvalue weighted by Gasteiger charge is 2.23. The lowest BCUT2D eigenvalue weighted by atomic mass is 10.1. The van der Waals surface area contributed by atoms with E-state index in [9.17, 15) is 0 Å². The fraction of sp³-hybridized carbons (Fsp3) is 0.176. The third kappa shape index (κ3) is 6.86. The standard InChI is InChI=1S/C34H28N2O6/c1-9-27(37-18-31-20-39-31)10-2-23(1)25-5-13-29(14-6-25)41-33-17-34(36-22-35-33)42-30-15-7-26(8-16-30)24-3-11-28(12-4-24)38-19-32-21-40-32/h1-17,22,31-32H,18-21H2. The van der Waals surface area contributed by atoms with Crippen LogP contribution in [0.1, 0.15) is 0 Å². The minimum atomic E-state index is 0.240. The molecule has 0 aliphatic carbocycles. The second-order valence-electron chi connectivity index (χ2n) is 10.0. The summed E-state index contributed by atoms with van der Waals surface area (Å²) in [5.41, 5.74) is 4.32. The summed E-state index contributed by atoms with van der Waals surface area (Å²) in [4.78, 5) is 8.47. The molecule has 3 heterocycles. The Labute approximate surface area is 243 Å². The van der Waals surface area contributed by atoms with Gasteiger partial charge in [0.2, 0.25) is 11.8 Å². The Morgan fingerprint density at radius 1 is 0.500 bits per heavy atom. The molecule has 210 valence electrons. The van der Waals surface area contributed by atoms with Gasteiger partial charge >= 0.3 is 0 Å². The van der Waals surface area contributed by atoms with Crippen LogP contribution in [0.5, 0.6) is 34.8 Å². The monoisotopic (exact) mass is 560 g/mol. The third-order valence-electron chi connectivity index (χ3n) is 6.82. The maximum Gasteiger partial charge on any atom is 0.226 e. The molecule has 0 bridgehead atoms. The zero-order chi connectivity index (χ0) is 28.1. The predicted molar refractivity (Wildman–Crippen MR) is 156 cm³/mol. The van der Waals surface area contributed by atoms with Gasteiger partial charge in [0, 0.05) is 0 Å². The SMILES string of the molecule is c1nc(Oc2ccc(-c3ccc(OCC4CO4)cc3)cc2)cc(Oc2ccc(-c3ccc(OCC4CO4)cc3)cc2)n1. The van der Waals surface area contributed by atoms with Gasteiger partial charge in [-0.2, -0.15) is 0 Å². The highest BCUT2D eigenvalue weighted by atomic mass is 16.6. The zero-order valence-corrected chi connectivity index (χ0v) is 22.7. The highest BCUT2D eigenvalue weighted by molar-refractivity contribution is 5.66. The molecule has 4 aromatic carbocycles. The van der Waals surface area contributed by atoms with Crippen molar-refractivity contribution in [2.45, 2.75) is 12.2 Å². The molecule has 2 aliphatic heterocycles. The quantitative estimate of drug-likeness (QED) is 0.152. The molecule has 2 unspecified atom stereocenters. The Bertz CT molecular complexity index is 1500. The average Bonchev–Trinajstić information content (AvgIpc) is 3.97. The Kier molecular flexibility index (Phi) is 7.37. The van der Waals surface area contributed by atoms with E-state index in [-0.39, 0.29) is 12.2 Å². The van der Waals surface area contributed by atoms with Crippen molar-refractivity contribution < 1.29 is 28.4 Å². The van der Waals surface area contributed by atoms with Crippen LogP contribution in [-0.2, 0) is 9.47 Å². The van der Waals surface area contributed by atoms with E-state index in [0.717, 1.165) is 47.0 Å². The number of hydrogen-bond acceptors (Lipinski definition) is 8. The maximum atomic E-state index is 5.97. The van der Waals surface area contributed by atoms with Crippen molar-refractivity contribution in [2.24, 2.45) is 0 Å². The summed E-state index contributed by atoms with van der Waals surface area (Å²) in [6.07, 6.45) is 1.90. The van der Waals surface area contributed by atoms with Crippen LogP contribution < -0.4 is 18.9 Å². The van der Waals surface area contributed by atoms with E-state index >= 15 is 0 Å². The summed E-state index contributed by atoms with van der Waals surface area (Å²) < 4.78 is 33.7. The van der Waals surface area contributed by atoms with Gasteiger partial charge in [-0.05, 0) is 70.8 Å². The van der Waals surface area contributed by atoms with Crippen molar-refractivity contribution in [1.82, 2.24) is 9.97 Å². The summed E-state index contributed by atoms with van der Waals surface area (Å²) in [6, 6.07) is 33.4. The average molecular weight is 561 g/mol. The fourth-order valence-corrected chi connectivity index (χ4v) is 4.30. The smallest absolute Gasteiger partial charge is 0.226 e. The molecule has 0 spiro atoms. The molecule has 0 amide bonds. The molecular formula is C34H28N2O6. The van der Waals surface area contributed by atoms with Crippen molar-refractivity contribution >= 4 is 0 Å². The molecule has 1 aromatic heterocycles. The molecule has 2 aliphatic rings. The van der Waals surface area contributed by atoms with Gasteiger partial charge in [0.15, 0.2) is 0 Å². The molecule has 2 atom stereocenters. The zero-order valence-electron chi connectivity index (χ0n) is 22.7. The van der Waals surface area contributed by atoms with Crippen LogP contribution in [0.4, 0.5) is 0 Å². The van der Waals surface area contributed by atoms with Crippen molar-refractivity contribution in [2.75, 3.05) is 26.4 Å². The van der Waals surface area contributed by atoms with Crippen LogP contribution >= 0.6 is 0 Å². The van der Waals surface area contributed by atoms with E-state index in [1.165, 1.54) is 6.33 Å². The fourth-order valence-electron chi connectivity index (χ4n) is 4.30. The molecule has 8 heteroatoms. The van der Waals surface area contributed by atoms with Crippen LogP contribution in [0.15, 0.2) is 109 Å². The maximum absolute atomic E-state index is 5.97. The molecular weight excluding hydrogens is 532 g/mol. The van der Waals surface area contributed by atoms with E-state index < -0.39 is 0 Å². The second-order valence-corrected chi connectivity index (χ2v) is 10.0. The normalized spacial score (nSPS) is 16.9. The summed E-state index contributed by atoms with van der Waals surface area (Å²) in [6.45, 7) is 2.76. The van der Waals surface area contributed by atoms with Crippen molar-refractivity contribution in [3.63, 3.8) is 0 Å². The molecule has 8 nitrogen and oxygen atoms in total. The van der Waals surface area contributed by atoms with Gasteiger partial charge in [-0.1, -0.05) is 48.5 Å². The number of epoxide rings is 2. The first-order chi connectivity index (χ1) is 20.7. The van der Waals surface area contributed by atoms with Gasteiger partial charge < -0.3 is 28.4 Å². The Hall–Kier alpha value is -4.92. The van der Waals surface area contributed by atoms with Crippen LogP contribution in [0.2, 0.25) is 0 Å². The van der Waals surface area contributed by atoms with Gasteiger partial charge in [-0.15, -0.1) is 0 Å². The summed E-state index contributed by atoms with van der Waals surface area (Å²) in [5.74, 6) is 3.77. The van der Waals surface area contributed by atoms with Crippen molar-refractivity contribution in [3.05, 3.63) is 109 Å². The number of nitrogens with zero attached hydrogens (tertiary/aromatic N) is 2. The third-order valence-corrected chi connectivity index (χ3v) is 6.82. The largest absolute Gasteiger partial charge is 0.491 e. The molecule has 0 saturated carbocycles. The minimum absolute atomic E-state index is 0.240. The number of rotatable bonds is 12. The molecule has 0 N–H and O–H groups in total. The first-order valence-electron chi connectivity index (χ1n) is 13.8. The van der Waals surface area contributed by atoms with Crippen LogP contribution in [0.25, 0.3) is 22.3 Å². The topological polar surface area (TPSA) is 87.8 Å². The Morgan fingerprint density at radius 2 is 0.833 bits per heavy atom. The lowest BCUT2D eigenvalue weighted by Gasteiger charge is -2.10. The molecule has 2 fully saturated rings. The molecule has 42 heavy (non-hydrogen) atoms. The summed E-state index contributed by atoms with van der Waals surface area (Å²) in [5, 5.41) is 0. The van der Waals surface area contributed by atoms with Gasteiger partial charge in [0.1, 0.15) is 54.7 Å². The first kappa shape index (κ1) is 26.0. The molecule has 5 aromatic rings. The van der Waals surface area contributed by atoms with Crippen LogP contribution in [0.3, 0.4) is 0 Å². The molecule has 0 radical (unpaired) electrons. The lowest BCUT2D eigenvalue weighted by Crippen LogP contribution is -2.03. The van der Waals surface area contributed by atoms with E-state index in [4.69, 9.17) is 28.4 Å². The van der Waals surface area contributed by atoms with E-state index in [1.807, 2.05) is 97.1 Å². The Balaban J connectivity index is 0.941. The second kappa shape index (κ2) is 11.9. The first-order valence-corrected chi connectivity index (χ1v) is 13.8. The van der Waals surface area contributed by atoms with E-state index in [0.29, 0.717) is 36.5 Å². The molecule has 7 rings (SSSR count). The van der Waals surface area contributed by atoms with Gasteiger partial charge in [-0.25, -0.2) is 9.97 Å². The van der Waals surface area contributed by atoms with E-state index in [2.05, 4.69) is 9.97 Å². The van der Waals surface area contributed by atoms with Gasteiger partial charge in [-0.3, -0.25) is 0 Å². The number of benzene rings is 4. The van der Waals surface area contributed by atoms with Gasteiger partial charge in [0.25, 0.3) is 0 Å². The lowest BCUT2D eigenvalue weighted by molar-refractivity contribution is 0.263. The summed E-state index contributed by atoms with van der Waals surface area (Å²) >= 11 is 0. The van der Waals surface area contributed by atoms with Gasteiger partial charge in [0.05, 0.1) is 19.3 Å². The molecule has 2 saturated heterocycles. The summed E-state index contributed by atoms with van der Waals surface area (Å²) in [7, 11) is 0. The Morgan fingerprint density at radius 3 is 1.17 bits per heavy atom. The van der Waals surface area contributed by atoms with Crippen LogP contribution in [-0.4, -0.2) is 48.6 Å². The number of hydrogen-bond donors (Lipinski definition) is 0. The van der Waals surface area contributed by atoms with Crippen molar-refractivity contribution in [1.29, 1.82) is 0 Å². The minimum Gasteiger partial charge on any atom is -0.491 e. The van der Waals surface area contributed by atoms with E-state index in [1.54, 1.807) is 6.07 Å². The van der Waals surface area contributed by atoms with Crippen LogP contribution in [0, 0.1) is 0 Å². The number of aromatic nitrogens is 2. The predicted octanol–water partition coefficient (Wildman–Crippen LogP) is 6.95. The highest BCUT2D eigenvalue weighted by Crippen LogP contribution is 2.30. The number of ether oxygens (including phenoxy) is 6. The van der Waals surface area contributed by atoms with Crippen molar-refractivity contribution in [3.8, 4) is 57.0 Å².